The fraction of sp³-hybridized carbons (Fsp3) is 0.922. The molecule has 0 aliphatic heterocycles. The molecule has 0 aliphatic rings. The third-order valence-corrected chi connectivity index (χ3v) is 11.8. The van der Waals surface area contributed by atoms with Crippen molar-refractivity contribution in [3.05, 3.63) is 12.2 Å². The highest BCUT2D eigenvalue weighted by atomic mass is 16.5. The number of unbranched alkanes of at least 4 members (excludes halogenated alkanes) is 32. The molecular weight excluding hydrogens is 707 g/mol. The smallest absolute Gasteiger partial charge is 0.306 e. The summed E-state index contributed by atoms with van der Waals surface area (Å²) in [7, 11) is 0. The summed E-state index contributed by atoms with van der Waals surface area (Å²) in [6.45, 7) is 6.44. The lowest BCUT2D eigenvalue weighted by Gasteiger charge is -2.24. The number of rotatable bonds is 46. The average molecular weight is 806 g/mol. The Kier molecular flexibility index (Phi) is 44.6. The number of ether oxygens (including phenoxy) is 1. The Morgan fingerprint density at radius 1 is 0.491 bits per heavy atom. The highest BCUT2D eigenvalue weighted by Gasteiger charge is 2.24. The zero-order valence-corrected chi connectivity index (χ0v) is 38.5. The van der Waals surface area contributed by atoms with Gasteiger partial charge >= 0.3 is 5.97 Å². The summed E-state index contributed by atoms with van der Waals surface area (Å²) in [6.07, 6.45) is 49.9. The van der Waals surface area contributed by atoms with Crippen LogP contribution in [0.3, 0.4) is 0 Å². The Morgan fingerprint density at radius 3 is 1.32 bits per heavy atom. The van der Waals surface area contributed by atoms with E-state index in [0.29, 0.717) is 19.3 Å². The zero-order valence-electron chi connectivity index (χ0n) is 38.5. The van der Waals surface area contributed by atoms with Gasteiger partial charge in [-0.1, -0.05) is 232 Å². The van der Waals surface area contributed by atoms with Crippen molar-refractivity contribution in [3.8, 4) is 0 Å². The van der Waals surface area contributed by atoms with Crippen molar-refractivity contribution in [2.24, 2.45) is 0 Å². The minimum absolute atomic E-state index is 0.0809. The molecule has 3 atom stereocenters. The maximum atomic E-state index is 13.2. The second kappa shape index (κ2) is 45.7. The molecular formula is C51H99NO5. The van der Waals surface area contributed by atoms with Gasteiger partial charge < -0.3 is 20.3 Å². The molecule has 6 nitrogen and oxygen atoms in total. The summed E-state index contributed by atoms with van der Waals surface area (Å²) in [5.41, 5.74) is 0. The molecule has 0 aromatic heterocycles. The van der Waals surface area contributed by atoms with Crippen LogP contribution in [0.2, 0.25) is 0 Å². The summed E-state index contributed by atoms with van der Waals surface area (Å²) in [5, 5.41) is 23.8. The van der Waals surface area contributed by atoms with Crippen molar-refractivity contribution in [1.29, 1.82) is 0 Å². The van der Waals surface area contributed by atoms with Crippen LogP contribution in [-0.2, 0) is 14.3 Å². The lowest BCUT2D eigenvalue weighted by atomic mass is 10.0. The van der Waals surface area contributed by atoms with E-state index in [1.54, 1.807) is 0 Å². The molecule has 3 N–H and O–H groups in total. The van der Waals surface area contributed by atoms with Crippen LogP contribution >= 0.6 is 0 Å². The van der Waals surface area contributed by atoms with E-state index in [1.165, 1.54) is 173 Å². The molecule has 0 heterocycles. The van der Waals surface area contributed by atoms with Crippen molar-refractivity contribution in [1.82, 2.24) is 5.32 Å². The number of aliphatic hydroxyl groups excluding tert-OH is 2. The first-order valence-electron chi connectivity index (χ1n) is 25.4. The van der Waals surface area contributed by atoms with Gasteiger partial charge in [0.2, 0.25) is 5.91 Å². The zero-order chi connectivity index (χ0) is 41.7. The normalized spacial score (nSPS) is 13.3. The number of nitrogens with one attached hydrogen (secondary N) is 1. The minimum atomic E-state index is -0.782. The van der Waals surface area contributed by atoms with Crippen LogP contribution in [0.5, 0.6) is 0 Å². The number of hydrogen-bond donors (Lipinski definition) is 3. The number of allylic oxidation sites excluding steroid dienone is 2. The van der Waals surface area contributed by atoms with Gasteiger partial charge in [0.25, 0.3) is 0 Å². The standard InChI is InChI=1S/C51H99NO5/c1-4-7-10-13-16-19-22-24-25-26-27-29-31-34-37-40-43-49(54)48(46-53)52-50(55)45-47(42-39-36-33-30-28-23-20-17-14-11-8-5-2)57-51(56)44-41-38-35-32-21-18-15-12-9-6-3/h12,15,47-49,53-54H,4-11,13-14,16-46H2,1-3H3,(H,52,55)/b15-12-. The van der Waals surface area contributed by atoms with Crippen LogP contribution in [-0.4, -0.2) is 46.9 Å². The Morgan fingerprint density at radius 2 is 0.877 bits per heavy atom. The van der Waals surface area contributed by atoms with E-state index < -0.39 is 18.2 Å². The van der Waals surface area contributed by atoms with Crippen molar-refractivity contribution in [2.45, 2.75) is 296 Å². The number of amides is 1. The van der Waals surface area contributed by atoms with Gasteiger partial charge in [0.05, 0.1) is 25.2 Å². The second-order valence-electron chi connectivity index (χ2n) is 17.6. The summed E-state index contributed by atoms with van der Waals surface area (Å²) in [6, 6.07) is -0.695. The van der Waals surface area contributed by atoms with Gasteiger partial charge in [-0.3, -0.25) is 9.59 Å². The Labute approximate surface area is 355 Å². The fourth-order valence-electron chi connectivity index (χ4n) is 7.96. The van der Waals surface area contributed by atoms with Crippen LogP contribution in [0.15, 0.2) is 12.2 Å². The van der Waals surface area contributed by atoms with E-state index in [9.17, 15) is 19.8 Å². The summed E-state index contributed by atoms with van der Waals surface area (Å²) in [4.78, 5) is 26.0. The average Bonchev–Trinajstić information content (AvgIpc) is 3.20. The Hall–Kier alpha value is -1.40. The third kappa shape index (κ3) is 41.1. The van der Waals surface area contributed by atoms with Crippen LogP contribution in [0, 0.1) is 0 Å². The minimum Gasteiger partial charge on any atom is -0.462 e. The van der Waals surface area contributed by atoms with Crippen molar-refractivity contribution in [3.63, 3.8) is 0 Å². The highest BCUT2D eigenvalue weighted by molar-refractivity contribution is 5.77. The van der Waals surface area contributed by atoms with Crippen molar-refractivity contribution >= 4 is 11.9 Å². The molecule has 0 aliphatic carbocycles. The van der Waals surface area contributed by atoms with Gasteiger partial charge in [0.1, 0.15) is 6.10 Å². The molecule has 57 heavy (non-hydrogen) atoms. The third-order valence-electron chi connectivity index (χ3n) is 11.8. The number of carbonyl (C=O) groups is 2. The molecule has 0 spiro atoms. The quantitative estimate of drug-likeness (QED) is 0.0323. The summed E-state index contributed by atoms with van der Waals surface area (Å²) < 4.78 is 5.91. The summed E-state index contributed by atoms with van der Waals surface area (Å²) >= 11 is 0. The van der Waals surface area contributed by atoms with Crippen LogP contribution in [0.25, 0.3) is 0 Å². The fourth-order valence-corrected chi connectivity index (χ4v) is 7.96. The lowest BCUT2D eigenvalue weighted by Crippen LogP contribution is -2.46. The maximum Gasteiger partial charge on any atom is 0.306 e. The van der Waals surface area contributed by atoms with Gasteiger partial charge in [-0.2, -0.15) is 0 Å². The van der Waals surface area contributed by atoms with E-state index in [0.717, 1.165) is 57.8 Å². The highest BCUT2D eigenvalue weighted by Crippen LogP contribution is 2.18. The number of aliphatic hydroxyl groups is 2. The molecule has 0 aromatic carbocycles. The Balaban J connectivity index is 4.46. The van der Waals surface area contributed by atoms with E-state index in [2.05, 4.69) is 38.2 Å². The van der Waals surface area contributed by atoms with Crippen LogP contribution < -0.4 is 5.32 Å². The van der Waals surface area contributed by atoms with Gasteiger partial charge in [-0.05, 0) is 44.9 Å². The van der Waals surface area contributed by atoms with Crippen LogP contribution in [0.4, 0.5) is 0 Å². The molecule has 1 amide bonds. The van der Waals surface area contributed by atoms with E-state index in [1.807, 2.05) is 0 Å². The van der Waals surface area contributed by atoms with Gasteiger partial charge in [0, 0.05) is 6.42 Å². The monoisotopic (exact) mass is 806 g/mol. The van der Waals surface area contributed by atoms with Gasteiger partial charge in [-0.15, -0.1) is 0 Å². The molecule has 0 radical (unpaired) electrons. The first-order valence-corrected chi connectivity index (χ1v) is 25.4. The predicted octanol–water partition coefficient (Wildman–Crippen LogP) is 15.0. The number of hydrogen-bond acceptors (Lipinski definition) is 5. The first kappa shape index (κ1) is 55.6. The summed E-state index contributed by atoms with van der Waals surface area (Å²) in [5.74, 6) is -0.471. The molecule has 0 aromatic rings. The number of carbonyl (C=O) groups excluding carboxylic acids is 2. The van der Waals surface area contributed by atoms with Crippen molar-refractivity contribution in [2.75, 3.05) is 6.61 Å². The molecule has 0 rings (SSSR count). The van der Waals surface area contributed by atoms with Crippen LogP contribution in [0.1, 0.15) is 278 Å². The number of esters is 1. The lowest BCUT2D eigenvalue weighted by molar-refractivity contribution is -0.151. The molecule has 0 saturated heterocycles. The maximum absolute atomic E-state index is 13.2. The molecule has 6 heteroatoms. The van der Waals surface area contributed by atoms with E-state index in [4.69, 9.17) is 4.74 Å². The molecule has 0 saturated carbocycles. The van der Waals surface area contributed by atoms with Crippen molar-refractivity contribution < 1.29 is 24.5 Å². The molecule has 0 bridgehead atoms. The molecule has 0 fully saturated rings. The van der Waals surface area contributed by atoms with Gasteiger partial charge in [0.15, 0.2) is 0 Å². The molecule has 3 unspecified atom stereocenters. The predicted molar refractivity (Wildman–Crippen MR) is 246 cm³/mol. The SMILES string of the molecule is CCC/C=C\CCCCCCCC(=O)OC(CCCCCCCCCCCCCC)CC(=O)NC(CO)C(O)CCCCCCCCCCCCCCCCCC. The van der Waals surface area contributed by atoms with E-state index in [-0.39, 0.29) is 24.9 Å². The van der Waals surface area contributed by atoms with E-state index >= 15 is 0 Å². The largest absolute Gasteiger partial charge is 0.462 e. The second-order valence-corrected chi connectivity index (χ2v) is 17.6. The molecule has 338 valence electrons. The van der Waals surface area contributed by atoms with Gasteiger partial charge in [-0.25, -0.2) is 0 Å². The topological polar surface area (TPSA) is 95.9 Å². The first-order chi connectivity index (χ1) is 28.0. The Bertz CT molecular complexity index is 863.